The van der Waals surface area contributed by atoms with Crippen LogP contribution >= 0.6 is 24.0 Å². The van der Waals surface area contributed by atoms with Crippen molar-refractivity contribution in [2.75, 3.05) is 39.2 Å². The number of nitrogens with zero attached hydrogens (tertiary/aromatic N) is 2. The molecule has 6 nitrogen and oxygen atoms in total. The number of hydrogen-bond acceptors (Lipinski definition) is 4. The molecule has 1 aromatic rings. The fourth-order valence-electron chi connectivity index (χ4n) is 2.55. The lowest BCUT2D eigenvalue weighted by Crippen LogP contribution is -2.43. The van der Waals surface area contributed by atoms with Gasteiger partial charge < -0.3 is 15.5 Å². The molecule has 156 valence electrons. The van der Waals surface area contributed by atoms with Gasteiger partial charge >= 0.3 is 0 Å². The van der Waals surface area contributed by atoms with Gasteiger partial charge in [-0.2, -0.15) is 0 Å². The Labute approximate surface area is 182 Å². The second kappa shape index (κ2) is 12.6. The second-order valence-electron chi connectivity index (χ2n) is 7.07. The predicted octanol–water partition coefficient (Wildman–Crippen LogP) is 2.59. The van der Waals surface area contributed by atoms with Gasteiger partial charge in [0.25, 0.3) is 0 Å². The first kappa shape index (κ1) is 26.1. The van der Waals surface area contributed by atoms with Crippen molar-refractivity contribution in [2.24, 2.45) is 4.99 Å². The molecule has 0 bridgehead atoms. The van der Waals surface area contributed by atoms with Gasteiger partial charge in [-0.25, -0.2) is 8.42 Å². The number of likely N-dealkylation sites (N-methyl/N-ethyl adjacent to an activating group) is 1. The van der Waals surface area contributed by atoms with Crippen LogP contribution in [-0.2, 0) is 9.84 Å². The lowest BCUT2D eigenvalue weighted by molar-refractivity contribution is 0.306. The average Bonchev–Trinajstić information content (AvgIpc) is 2.54. The molecule has 0 aliphatic carbocycles. The summed E-state index contributed by atoms with van der Waals surface area (Å²) < 4.78 is 22.7. The third-order valence-electron chi connectivity index (χ3n) is 4.16. The molecule has 0 heterocycles. The van der Waals surface area contributed by atoms with Crippen molar-refractivity contribution < 1.29 is 8.42 Å². The minimum absolute atomic E-state index is 0. The Morgan fingerprint density at radius 3 is 2.30 bits per heavy atom. The number of guanidine groups is 1. The van der Waals surface area contributed by atoms with E-state index in [4.69, 9.17) is 4.99 Å². The van der Waals surface area contributed by atoms with Crippen LogP contribution in [0.4, 0.5) is 0 Å². The lowest BCUT2D eigenvalue weighted by Gasteiger charge is -2.24. The number of halogens is 1. The molecule has 2 N–H and O–H groups in total. The number of rotatable bonds is 9. The van der Waals surface area contributed by atoms with Crippen LogP contribution in [0.1, 0.15) is 37.4 Å². The van der Waals surface area contributed by atoms with Gasteiger partial charge in [-0.15, -0.1) is 24.0 Å². The first-order valence-electron chi connectivity index (χ1n) is 9.08. The molecule has 1 aromatic carbocycles. The van der Waals surface area contributed by atoms with Gasteiger partial charge in [0, 0.05) is 18.8 Å². The van der Waals surface area contributed by atoms with Gasteiger partial charge in [0.2, 0.25) is 0 Å². The zero-order valence-corrected chi connectivity index (χ0v) is 20.5. The molecule has 27 heavy (non-hydrogen) atoms. The Morgan fingerprint density at radius 1 is 1.22 bits per heavy atom. The van der Waals surface area contributed by atoms with Crippen molar-refractivity contribution in [1.82, 2.24) is 15.5 Å². The Balaban J connectivity index is 0.00000676. The normalized spacial score (nSPS) is 14.4. The molecular formula is C19H35IN4O2S. The van der Waals surface area contributed by atoms with Crippen LogP contribution in [-0.4, -0.2) is 64.5 Å². The largest absolute Gasteiger partial charge is 0.357 e. The van der Waals surface area contributed by atoms with E-state index in [1.165, 1.54) is 17.4 Å². The topological polar surface area (TPSA) is 73.8 Å². The van der Waals surface area contributed by atoms with Crippen molar-refractivity contribution in [3.05, 3.63) is 35.4 Å². The lowest BCUT2D eigenvalue weighted by atomic mass is 10.0. The van der Waals surface area contributed by atoms with E-state index >= 15 is 0 Å². The van der Waals surface area contributed by atoms with E-state index in [0.29, 0.717) is 18.9 Å². The van der Waals surface area contributed by atoms with Gasteiger partial charge in [0.05, 0.1) is 18.3 Å². The highest BCUT2D eigenvalue weighted by molar-refractivity contribution is 14.0. The van der Waals surface area contributed by atoms with E-state index in [9.17, 15) is 8.42 Å². The fraction of sp³-hybridized carbons (Fsp3) is 0.632. The maximum atomic E-state index is 11.3. The first-order valence-corrected chi connectivity index (χ1v) is 11.1. The van der Waals surface area contributed by atoms with Gasteiger partial charge in [0.15, 0.2) is 5.96 Å². The van der Waals surface area contributed by atoms with Gasteiger partial charge in [-0.1, -0.05) is 29.8 Å². The summed E-state index contributed by atoms with van der Waals surface area (Å²) in [6, 6.07) is 8.73. The molecule has 2 atom stereocenters. The van der Waals surface area contributed by atoms with E-state index in [1.54, 1.807) is 0 Å². The second-order valence-corrected chi connectivity index (χ2v) is 9.33. The summed E-state index contributed by atoms with van der Waals surface area (Å²) in [6.07, 6.45) is 1.82. The van der Waals surface area contributed by atoms with Gasteiger partial charge in [-0.05, 0) is 46.9 Å². The molecule has 0 saturated carbocycles. The quantitative estimate of drug-likeness (QED) is 0.304. The third kappa shape index (κ3) is 10.9. The smallest absolute Gasteiger partial charge is 0.191 e. The molecule has 2 unspecified atom stereocenters. The molecule has 0 fully saturated rings. The molecule has 0 aliphatic heterocycles. The summed E-state index contributed by atoms with van der Waals surface area (Å²) in [5, 5.41) is 6.54. The summed E-state index contributed by atoms with van der Waals surface area (Å²) in [4.78, 5) is 6.88. The molecule has 0 amide bonds. The van der Waals surface area contributed by atoms with Crippen LogP contribution in [0.15, 0.2) is 29.3 Å². The van der Waals surface area contributed by atoms with E-state index in [-0.39, 0.29) is 41.8 Å². The Bertz CT molecular complexity index is 675. The minimum atomic E-state index is -2.95. The number of aryl methyl sites for hydroxylation is 1. The number of nitrogens with one attached hydrogen (secondary N) is 2. The van der Waals surface area contributed by atoms with Crippen LogP contribution < -0.4 is 10.6 Å². The first-order chi connectivity index (χ1) is 12.1. The number of sulfone groups is 1. The minimum Gasteiger partial charge on any atom is -0.357 e. The summed E-state index contributed by atoms with van der Waals surface area (Å²) in [7, 11) is 1.15. The maximum absolute atomic E-state index is 11.3. The van der Waals surface area contributed by atoms with Crippen LogP contribution in [0.5, 0.6) is 0 Å². The fourth-order valence-corrected chi connectivity index (χ4v) is 3.33. The highest BCUT2D eigenvalue weighted by Crippen LogP contribution is 2.19. The molecule has 8 heteroatoms. The predicted molar refractivity (Wildman–Crippen MR) is 126 cm³/mol. The highest BCUT2D eigenvalue weighted by Gasteiger charge is 2.15. The third-order valence-corrected chi connectivity index (χ3v) is 5.13. The molecule has 0 aromatic heterocycles. The van der Waals surface area contributed by atoms with Gasteiger partial charge in [-0.3, -0.25) is 4.99 Å². The molecule has 1 rings (SSSR count). The zero-order chi connectivity index (χ0) is 19.7. The van der Waals surface area contributed by atoms with Crippen LogP contribution in [0.3, 0.4) is 0 Å². The summed E-state index contributed by atoms with van der Waals surface area (Å²) in [5.41, 5.74) is 2.47. The Hall–Kier alpha value is -0.870. The monoisotopic (exact) mass is 510 g/mol. The van der Waals surface area contributed by atoms with Crippen LogP contribution in [0, 0.1) is 6.92 Å². The molecule has 0 saturated heterocycles. The zero-order valence-electron chi connectivity index (χ0n) is 17.3. The molecule has 0 radical (unpaired) electrons. The van der Waals surface area contributed by atoms with Crippen molar-refractivity contribution in [3.8, 4) is 0 Å². The Morgan fingerprint density at radius 2 is 1.81 bits per heavy atom. The molecule has 0 spiro atoms. The van der Waals surface area contributed by atoms with Gasteiger partial charge in [0.1, 0.15) is 9.84 Å². The van der Waals surface area contributed by atoms with E-state index in [1.807, 2.05) is 13.8 Å². The number of hydrogen-bond donors (Lipinski definition) is 2. The Kier molecular flexibility index (Phi) is 12.2. The van der Waals surface area contributed by atoms with Crippen LogP contribution in [0.25, 0.3) is 0 Å². The average molecular weight is 510 g/mol. The SMILES string of the molecule is CCNC(=NCC(c1ccc(C)cc1)N(C)C)NC(C)CCS(C)(=O)=O.I. The van der Waals surface area contributed by atoms with E-state index in [2.05, 4.69) is 60.8 Å². The van der Waals surface area contributed by atoms with E-state index < -0.39 is 9.84 Å². The molecule has 0 aliphatic rings. The summed E-state index contributed by atoms with van der Waals surface area (Å²) >= 11 is 0. The van der Waals surface area contributed by atoms with E-state index in [0.717, 1.165) is 6.54 Å². The molecular weight excluding hydrogens is 475 g/mol. The number of benzene rings is 1. The van der Waals surface area contributed by atoms with Crippen molar-refractivity contribution >= 4 is 39.8 Å². The van der Waals surface area contributed by atoms with Crippen molar-refractivity contribution in [2.45, 2.75) is 39.3 Å². The maximum Gasteiger partial charge on any atom is 0.191 e. The van der Waals surface area contributed by atoms with Crippen molar-refractivity contribution in [3.63, 3.8) is 0 Å². The standard InChI is InChI=1S/C19H34N4O2S.HI/c1-7-20-19(22-16(3)12-13-26(6,24)25)21-14-18(23(4)5)17-10-8-15(2)9-11-17;/h8-11,16,18H,7,12-14H2,1-6H3,(H2,20,21,22);1H. The summed E-state index contributed by atoms with van der Waals surface area (Å²) in [6.45, 7) is 7.44. The number of aliphatic imine (C=N–C) groups is 1. The summed E-state index contributed by atoms with van der Waals surface area (Å²) in [5.74, 6) is 0.886. The van der Waals surface area contributed by atoms with Crippen LogP contribution in [0.2, 0.25) is 0 Å². The van der Waals surface area contributed by atoms with Crippen molar-refractivity contribution in [1.29, 1.82) is 0 Å². The highest BCUT2D eigenvalue weighted by atomic mass is 127.